The Hall–Kier alpha value is -2.78. The second-order valence-corrected chi connectivity index (χ2v) is 8.24. The summed E-state index contributed by atoms with van der Waals surface area (Å²) in [6, 6.07) is 10.8. The van der Waals surface area contributed by atoms with Gasteiger partial charge in [0.2, 0.25) is 15.9 Å². The lowest BCUT2D eigenvalue weighted by atomic mass is 10.2. The highest BCUT2D eigenvalue weighted by atomic mass is 32.2. The SMILES string of the molecule is COc1ccc(S(=O)(=O)N[C@H]2CC(=O)N(c3ccc4c(c3)OCCO4)C2)cc1. The first kappa shape index (κ1) is 18.6. The Labute approximate surface area is 163 Å². The quantitative estimate of drug-likeness (QED) is 0.813. The van der Waals surface area contributed by atoms with Crippen molar-refractivity contribution >= 4 is 21.6 Å². The molecular formula is C19H20N2O6S. The highest BCUT2D eigenvalue weighted by Gasteiger charge is 2.34. The van der Waals surface area contributed by atoms with E-state index in [2.05, 4.69) is 4.72 Å². The summed E-state index contributed by atoms with van der Waals surface area (Å²) in [4.78, 5) is 14.1. The minimum Gasteiger partial charge on any atom is -0.497 e. The molecule has 0 aliphatic carbocycles. The number of nitrogens with zero attached hydrogens (tertiary/aromatic N) is 1. The number of nitrogens with one attached hydrogen (secondary N) is 1. The molecule has 28 heavy (non-hydrogen) atoms. The summed E-state index contributed by atoms with van der Waals surface area (Å²) < 4.78 is 43.9. The molecule has 2 heterocycles. The molecule has 1 N–H and O–H groups in total. The van der Waals surface area contributed by atoms with E-state index in [9.17, 15) is 13.2 Å². The number of ether oxygens (including phenoxy) is 3. The van der Waals surface area contributed by atoms with Crippen LogP contribution in [0, 0.1) is 0 Å². The summed E-state index contributed by atoms with van der Waals surface area (Å²) in [5.41, 5.74) is 0.653. The van der Waals surface area contributed by atoms with Gasteiger partial charge in [-0.2, -0.15) is 0 Å². The fourth-order valence-electron chi connectivity index (χ4n) is 3.28. The highest BCUT2D eigenvalue weighted by Crippen LogP contribution is 2.35. The average Bonchev–Trinajstić information content (AvgIpc) is 3.07. The van der Waals surface area contributed by atoms with Crippen LogP contribution in [0.25, 0.3) is 0 Å². The van der Waals surface area contributed by atoms with E-state index in [1.165, 1.54) is 19.2 Å². The van der Waals surface area contributed by atoms with Crippen LogP contribution in [0.4, 0.5) is 5.69 Å². The molecule has 1 fully saturated rings. The lowest BCUT2D eigenvalue weighted by Gasteiger charge is -2.22. The van der Waals surface area contributed by atoms with Crippen LogP contribution in [-0.2, 0) is 14.8 Å². The molecule has 2 aliphatic rings. The van der Waals surface area contributed by atoms with Crippen LogP contribution in [0.1, 0.15) is 6.42 Å². The van der Waals surface area contributed by atoms with Crippen molar-refractivity contribution < 1.29 is 27.4 Å². The summed E-state index contributed by atoms with van der Waals surface area (Å²) in [6.45, 7) is 1.19. The minimum absolute atomic E-state index is 0.0871. The smallest absolute Gasteiger partial charge is 0.240 e. The van der Waals surface area contributed by atoms with Crippen LogP contribution in [0.15, 0.2) is 47.4 Å². The predicted octanol–water partition coefficient (Wildman–Crippen LogP) is 1.55. The monoisotopic (exact) mass is 404 g/mol. The fraction of sp³-hybridized carbons (Fsp3) is 0.316. The summed E-state index contributed by atoms with van der Waals surface area (Å²) in [6.07, 6.45) is 0.0871. The van der Waals surface area contributed by atoms with Crippen molar-refractivity contribution in [2.45, 2.75) is 17.4 Å². The third-order valence-electron chi connectivity index (χ3n) is 4.65. The number of carbonyl (C=O) groups excluding carboxylic acids is 1. The maximum Gasteiger partial charge on any atom is 0.240 e. The van der Waals surface area contributed by atoms with Crippen LogP contribution >= 0.6 is 0 Å². The van der Waals surface area contributed by atoms with E-state index in [1.54, 1.807) is 35.2 Å². The molecule has 8 nitrogen and oxygen atoms in total. The van der Waals surface area contributed by atoms with E-state index in [0.29, 0.717) is 36.1 Å². The third-order valence-corrected chi connectivity index (χ3v) is 6.19. The summed E-state index contributed by atoms with van der Waals surface area (Å²) >= 11 is 0. The molecular weight excluding hydrogens is 384 g/mol. The zero-order valence-corrected chi connectivity index (χ0v) is 16.1. The largest absolute Gasteiger partial charge is 0.497 e. The maximum absolute atomic E-state index is 12.6. The van der Waals surface area contributed by atoms with Crippen LogP contribution in [0.2, 0.25) is 0 Å². The van der Waals surface area contributed by atoms with Crippen molar-refractivity contribution in [3.8, 4) is 17.2 Å². The van der Waals surface area contributed by atoms with Gasteiger partial charge >= 0.3 is 0 Å². The van der Waals surface area contributed by atoms with E-state index < -0.39 is 16.1 Å². The molecule has 1 atom stereocenters. The number of hydrogen-bond acceptors (Lipinski definition) is 6. The van der Waals surface area contributed by atoms with Crippen LogP contribution in [-0.4, -0.2) is 47.2 Å². The summed E-state index contributed by atoms with van der Waals surface area (Å²) in [5, 5.41) is 0. The standard InChI is InChI=1S/C19H20N2O6S/c1-25-15-3-5-16(6-4-15)28(23,24)20-13-10-19(22)21(12-13)14-2-7-17-18(11-14)27-9-8-26-17/h2-7,11,13,20H,8-10,12H2,1H3/t13-/m0/s1. The van der Waals surface area contributed by atoms with Gasteiger partial charge in [0.05, 0.1) is 12.0 Å². The molecule has 9 heteroatoms. The Morgan fingerprint density at radius 2 is 1.79 bits per heavy atom. The van der Waals surface area contributed by atoms with E-state index in [-0.39, 0.29) is 23.8 Å². The van der Waals surface area contributed by atoms with Crippen molar-refractivity contribution in [2.24, 2.45) is 0 Å². The van der Waals surface area contributed by atoms with Crippen LogP contribution < -0.4 is 23.8 Å². The molecule has 4 rings (SSSR count). The zero-order valence-electron chi connectivity index (χ0n) is 15.3. The Bertz CT molecular complexity index is 990. The van der Waals surface area contributed by atoms with Crippen LogP contribution in [0.3, 0.4) is 0 Å². The van der Waals surface area contributed by atoms with E-state index in [4.69, 9.17) is 14.2 Å². The third kappa shape index (κ3) is 3.63. The van der Waals surface area contributed by atoms with Gasteiger partial charge in [-0.15, -0.1) is 0 Å². The lowest BCUT2D eigenvalue weighted by molar-refractivity contribution is -0.117. The van der Waals surface area contributed by atoms with Crippen LogP contribution in [0.5, 0.6) is 17.2 Å². The minimum atomic E-state index is -3.74. The van der Waals surface area contributed by atoms with Gasteiger partial charge in [0.25, 0.3) is 0 Å². The van der Waals surface area contributed by atoms with E-state index in [1.807, 2.05) is 0 Å². The first-order valence-corrected chi connectivity index (χ1v) is 10.3. The van der Waals surface area contributed by atoms with Gasteiger partial charge in [-0.1, -0.05) is 0 Å². The number of hydrogen-bond donors (Lipinski definition) is 1. The van der Waals surface area contributed by atoms with Gasteiger partial charge in [-0.3, -0.25) is 4.79 Å². The molecule has 0 radical (unpaired) electrons. The number of carbonyl (C=O) groups is 1. The van der Waals surface area contributed by atoms with Gasteiger partial charge in [0, 0.05) is 30.8 Å². The molecule has 2 aliphatic heterocycles. The number of anilines is 1. The Kier molecular flexibility index (Phi) is 4.86. The molecule has 1 amide bonds. The lowest BCUT2D eigenvalue weighted by Crippen LogP contribution is -2.37. The van der Waals surface area contributed by atoms with Crippen molar-refractivity contribution in [2.75, 3.05) is 31.8 Å². The molecule has 0 aromatic heterocycles. The topological polar surface area (TPSA) is 94.2 Å². The number of amides is 1. The van der Waals surface area contributed by atoms with Gasteiger partial charge in [-0.05, 0) is 36.4 Å². The normalized spacial score (nSPS) is 19.0. The number of methoxy groups -OCH3 is 1. The van der Waals surface area contributed by atoms with Crippen molar-refractivity contribution in [3.63, 3.8) is 0 Å². The van der Waals surface area contributed by atoms with Gasteiger partial charge < -0.3 is 19.1 Å². The maximum atomic E-state index is 12.6. The number of rotatable bonds is 5. The molecule has 2 aromatic rings. The second-order valence-electron chi connectivity index (χ2n) is 6.53. The van der Waals surface area contributed by atoms with Crippen molar-refractivity contribution in [1.82, 2.24) is 4.72 Å². The van der Waals surface area contributed by atoms with Crippen molar-refractivity contribution in [3.05, 3.63) is 42.5 Å². The second kappa shape index (κ2) is 7.33. The van der Waals surface area contributed by atoms with E-state index >= 15 is 0 Å². The fourth-order valence-corrected chi connectivity index (χ4v) is 4.51. The van der Waals surface area contributed by atoms with Gasteiger partial charge in [0.15, 0.2) is 11.5 Å². The Morgan fingerprint density at radius 1 is 1.07 bits per heavy atom. The molecule has 0 bridgehead atoms. The summed E-state index contributed by atoms with van der Waals surface area (Å²) in [7, 11) is -2.23. The molecule has 0 saturated carbocycles. The average molecular weight is 404 g/mol. The first-order valence-electron chi connectivity index (χ1n) is 8.83. The van der Waals surface area contributed by atoms with E-state index in [0.717, 1.165) is 0 Å². The molecule has 1 saturated heterocycles. The molecule has 2 aromatic carbocycles. The molecule has 0 spiro atoms. The molecule has 0 unspecified atom stereocenters. The predicted molar refractivity (Wildman–Crippen MR) is 102 cm³/mol. The summed E-state index contributed by atoms with van der Waals surface area (Å²) in [5.74, 6) is 1.64. The number of fused-ring (bicyclic) bond motifs is 1. The first-order chi connectivity index (χ1) is 13.5. The zero-order chi connectivity index (χ0) is 19.7. The number of benzene rings is 2. The number of sulfonamides is 1. The van der Waals surface area contributed by atoms with Crippen molar-refractivity contribution in [1.29, 1.82) is 0 Å². The van der Waals surface area contributed by atoms with Gasteiger partial charge in [-0.25, -0.2) is 13.1 Å². The Morgan fingerprint density at radius 3 is 2.50 bits per heavy atom. The highest BCUT2D eigenvalue weighted by molar-refractivity contribution is 7.89. The van der Waals surface area contributed by atoms with Gasteiger partial charge in [0.1, 0.15) is 19.0 Å². The Balaban J connectivity index is 1.48. The molecule has 148 valence electrons.